The van der Waals surface area contributed by atoms with Crippen molar-refractivity contribution in [2.75, 3.05) is 17.6 Å². The topological polar surface area (TPSA) is 58.2 Å². The molecule has 2 amide bonds. The Morgan fingerprint density at radius 1 is 1.15 bits per heavy atom. The highest BCUT2D eigenvalue weighted by molar-refractivity contribution is 7.98. The molecule has 1 fully saturated rings. The number of anilines is 1. The van der Waals surface area contributed by atoms with Crippen molar-refractivity contribution in [3.63, 3.8) is 0 Å². The first kappa shape index (κ1) is 19.4. The molecule has 0 bridgehead atoms. The Morgan fingerprint density at radius 3 is 2.52 bits per heavy atom. The monoisotopic (exact) mass is 386 g/mol. The van der Waals surface area contributed by atoms with Crippen LogP contribution in [0.15, 0.2) is 48.5 Å². The molecule has 6 heteroatoms. The van der Waals surface area contributed by atoms with Crippen molar-refractivity contribution < 1.29 is 14.0 Å². The summed E-state index contributed by atoms with van der Waals surface area (Å²) < 4.78 is 13.5. The van der Waals surface area contributed by atoms with Gasteiger partial charge in [-0.3, -0.25) is 9.59 Å². The van der Waals surface area contributed by atoms with Gasteiger partial charge in [0.05, 0.1) is 0 Å². The summed E-state index contributed by atoms with van der Waals surface area (Å²) in [6.07, 6.45) is 0.946. The zero-order chi connectivity index (χ0) is 19.2. The van der Waals surface area contributed by atoms with Gasteiger partial charge in [0.1, 0.15) is 5.82 Å². The van der Waals surface area contributed by atoms with Gasteiger partial charge in [0.15, 0.2) is 0 Å². The second-order valence-corrected chi connectivity index (χ2v) is 7.89. The van der Waals surface area contributed by atoms with Gasteiger partial charge in [-0.2, -0.15) is 11.8 Å². The molecule has 2 aromatic rings. The number of amides is 2. The van der Waals surface area contributed by atoms with Gasteiger partial charge in [0.25, 0.3) is 5.91 Å². The standard InChI is InChI=1S/C21H23FN2O2S/c1-14-12-18(14)21(26)24-17-8-6-15(7-9-17)20(25)23-10-11-27-13-16-4-2-3-5-19(16)22/h2-9,14,18H,10-13H2,1H3,(H,23,25)(H,24,26). The molecule has 0 spiro atoms. The van der Waals surface area contributed by atoms with Crippen LogP contribution in [0, 0.1) is 17.7 Å². The second kappa shape index (κ2) is 9.04. The van der Waals surface area contributed by atoms with Crippen LogP contribution < -0.4 is 10.6 Å². The van der Waals surface area contributed by atoms with Crippen molar-refractivity contribution >= 4 is 29.3 Å². The fraction of sp³-hybridized carbons (Fsp3) is 0.333. The number of carbonyl (C=O) groups excluding carboxylic acids is 2. The average Bonchev–Trinajstić information content (AvgIpc) is 3.40. The minimum absolute atomic E-state index is 0.0478. The Labute approximate surface area is 162 Å². The third-order valence-electron chi connectivity index (χ3n) is 4.61. The molecular weight excluding hydrogens is 363 g/mol. The number of carbonyl (C=O) groups is 2. The molecule has 2 aromatic carbocycles. The van der Waals surface area contributed by atoms with Crippen LogP contribution in [0.4, 0.5) is 10.1 Å². The largest absolute Gasteiger partial charge is 0.351 e. The second-order valence-electron chi connectivity index (χ2n) is 6.79. The summed E-state index contributed by atoms with van der Waals surface area (Å²) in [5.41, 5.74) is 1.93. The summed E-state index contributed by atoms with van der Waals surface area (Å²) in [4.78, 5) is 24.1. The molecule has 2 atom stereocenters. The Bertz CT molecular complexity index is 810. The van der Waals surface area contributed by atoms with Crippen LogP contribution in [0.25, 0.3) is 0 Å². The van der Waals surface area contributed by atoms with Crippen LogP contribution in [-0.4, -0.2) is 24.1 Å². The minimum atomic E-state index is -0.197. The third kappa shape index (κ3) is 5.57. The van der Waals surface area contributed by atoms with Crippen molar-refractivity contribution in [1.82, 2.24) is 5.32 Å². The van der Waals surface area contributed by atoms with E-state index in [0.717, 1.165) is 6.42 Å². The number of halogens is 1. The van der Waals surface area contributed by atoms with E-state index in [2.05, 4.69) is 17.6 Å². The lowest BCUT2D eigenvalue weighted by Gasteiger charge is -2.08. The first-order valence-electron chi connectivity index (χ1n) is 9.05. The molecule has 0 aromatic heterocycles. The van der Waals surface area contributed by atoms with Gasteiger partial charge in [0.2, 0.25) is 5.91 Å². The Kier molecular flexibility index (Phi) is 6.50. The molecule has 142 valence electrons. The van der Waals surface area contributed by atoms with Crippen LogP contribution in [0.3, 0.4) is 0 Å². The van der Waals surface area contributed by atoms with Gasteiger partial charge in [-0.1, -0.05) is 25.1 Å². The highest BCUT2D eigenvalue weighted by atomic mass is 32.2. The fourth-order valence-electron chi connectivity index (χ4n) is 2.76. The van der Waals surface area contributed by atoms with E-state index >= 15 is 0 Å². The first-order chi connectivity index (χ1) is 13.0. The van der Waals surface area contributed by atoms with Crippen molar-refractivity contribution in [2.45, 2.75) is 19.1 Å². The lowest BCUT2D eigenvalue weighted by atomic mass is 10.2. The highest BCUT2D eigenvalue weighted by Crippen LogP contribution is 2.38. The molecule has 1 aliphatic carbocycles. The van der Waals surface area contributed by atoms with Crippen molar-refractivity contribution in [3.05, 3.63) is 65.5 Å². The summed E-state index contributed by atoms with van der Waals surface area (Å²) >= 11 is 1.57. The molecular formula is C21H23FN2O2S. The normalized spacial score (nSPS) is 18.0. The predicted octanol–water partition coefficient (Wildman–Crippen LogP) is 4.08. The van der Waals surface area contributed by atoms with E-state index in [0.29, 0.717) is 40.8 Å². The van der Waals surface area contributed by atoms with Gasteiger partial charge in [-0.05, 0) is 48.2 Å². The minimum Gasteiger partial charge on any atom is -0.351 e. The Hall–Kier alpha value is -2.34. The summed E-state index contributed by atoms with van der Waals surface area (Å²) in [5.74, 6) is 1.56. The number of thioether (sulfide) groups is 1. The predicted molar refractivity (Wildman–Crippen MR) is 107 cm³/mol. The number of benzene rings is 2. The maximum atomic E-state index is 13.5. The molecule has 27 heavy (non-hydrogen) atoms. The Balaban J connectivity index is 1.38. The van der Waals surface area contributed by atoms with Crippen molar-refractivity contribution in [3.8, 4) is 0 Å². The average molecular weight is 386 g/mol. The number of hydrogen-bond donors (Lipinski definition) is 2. The van der Waals surface area contributed by atoms with Crippen LogP contribution in [0.2, 0.25) is 0 Å². The molecule has 2 N–H and O–H groups in total. The quantitative estimate of drug-likeness (QED) is 0.672. The molecule has 4 nitrogen and oxygen atoms in total. The maximum Gasteiger partial charge on any atom is 0.251 e. The van der Waals surface area contributed by atoms with Crippen molar-refractivity contribution in [2.24, 2.45) is 11.8 Å². The summed E-state index contributed by atoms with van der Waals surface area (Å²) in [6.45, 7) is 2.57. The van der Waals surface area contributed by atoms with E-state index < -0.39 is 0 Å². The van der Waals surface area contributed by atoms with Crippen LogP contribution in [0.1, 0.15) is 29.3 Å². The zero-order valence-electron chi connectivity index (χ0n) is 15.2. The molecule has 0 saturated heterocycles. The Morgan fingerprint density at radius 2 is 1.85 bits per heavy atom. The fourth-order valence-corrected chi connectivity index (χ4v) is 3.61. The van der Waals surface area contributed by atoms with Gasteiger partial charge < -0.3 is 10.6 Å². The van der Waals surface area contributed by atoms with Crippen molar-refractivity contribution in [1.29, 1.82) is 0 Å². The molecule has 2 unspecified atom stereocenters. The smallest absolute Gasteiger partial charge is 0.251 e. The van der Waals surface area contributed by atoms with E-state index in [1.807, 2.05) is 6.07 Å². The van der Waals surface area contributed by atoms with Gasteiger partial charge >= 0.3 is 0 Å². The summed E-state index contributed by atoms with van der Waals surface area (Å²) in [6, 6.07) is 13.6. The van der Waals surface area contributed by atoms with Gasteiger partial charge in [0, 0.05) is 35.2 Å². The molecule has 1 saturated carbocycles. The summed E-state index contributed by atoms with van der Waals surface area (Å²) in [5, 5.41) is 5.73. The first-order valence-corrected chi connectivity index (χ1v) is 10.2. The van der Waals surface area contributed by atoms with Crippen LogP contribution in [-0.2, 0) is 10.5 Å². The SMILES string of the molecule is CC1CC1C(=O)Nc1ccc(C(=O)NCCSCc2ccccc2F)cc1. The van der Waals surface area contributed by atoms with E-state index in [9.17, 15) is 14.0 Å². The molecule has 1 aliphatic rings. The van der Waals surface area contributed by atoms with E-state index in [4.69, 9.17) is 0 Å². The molecule has 3 rings (SSSR count). The number of rotatable bonds is 8. The maximum absolute atomic E-state index is 13.5. The zero-order valence-corrected chi connectivity index (χ0v) is 16.0. The molecule has 0 heterocycles. The number of nitrogens with one attached hydrogen (secondary N) is 2. The van der Waals surface area contributed by atoms with Gasteiger partial charge in [-0.25, -0.2) is 4.39 Å². The van der Waals surface area contributed by atoms with E-state index in [-0.39, 0.29) is 23.5 Å². The van der Waals surface area contributed by atoms with Crippen LogP contribution in [0.5, 0.6) is 0 Å². The van der Waals surface area contributed by atoms with Crippen LogP contribution >= 0.6 is 11.8 Å². The third-order valence-corrected chi connectivity index (χ3v) is 5.62. The highest BCUT2D eigenvalue weighted by Gasteiger charge is 2.39. The summed E-state index contributed by atoms with van der Waals surface area (Å²) in [7, 11) is 0. The lowest BCUT2D eigenvalue weighted by molar-refractivity contribution is -0.117. The lowest BCUT2D eigenvalue weighted by Crippen LogP contribution is -2.25. The molecule has 0 radical (unpaired) electrons. The molecule has 0 aliphatic heterocycles. The van der Waals surface area contributed by atoms with E-state index in [1.165, 1.54) is 6.07 Å². The van der Waals surface area contributed by atoms with Gasteiger partial charge in [-0.15, -0.1) is 0 Å². The van der Waals surface area contributed by atoms with E-state index in [1.54, 1.807) is 48.2 Å². The number of hydrogen-bond acceptors (Lipinski definition) is 3.